The van der Waals surface area contributed by atoms with Gasteiger partial charge in [0.15, 0.2) is 0 Å². The first-order chi connectivity index (χ1) is 8.74. The fourth-order valence-electron chi connectivity index (χ4n) is 1.25. The average molecular weight is 280 g/mol. The minimum Gasteiger partial charge on any atom is -0.303 e. The summed E-state index contributed by atoms with van der Waals surface area (Å²) in [5, 5.41) is 0. The summed E-state index contributed by atoms with van der Waals surface area (Å²) in [6, 6.07) is 0. The van der Waals surface area contributed by atoms with Crippen molar-refractivity contribution in [2.75, 3.05) is 19.8 Å². The van der Waals surface area contributed by atoms with Gasteiger partial charge in [0.25, 0.3) is 0 Å². The van der Waals surface area contributed by atoms with Crippen molar-refractivity contribution in [3.63, 3.8) is 0 Å². The first-order valence-electron chi connectivity index (χ1n) is 7.04. The largest absolute Gasteiger partial charge is 0.415 e. The topological polar surface area (TPSA) is 36.9 Å². The van der Waals surface area contributed by atoms with Gasteiger partial charge in [-0.3, -0.25) is 4.52 Å². The van der Waals surface area contributed by atoms with Crippen LogP contribution < -0.4 is 0 Å². The standard InChI is InChI=1S/C13H29O4P/c1-4-7-10-14-13(17-18,15-11-8-5-2)16-12-9-6-3/h4-12,18H2,1-3H3. The van der Waals surface area contributed by atoms with Crippen LogP contribution in [0.15, 0.2) is 0 Å². The molecule has 0 amide bonds. The molecule has 0 aliphatic carbocycles. The third-order valence-electron chi connectivity index (χ3n) is 2.47. The van der Waals surface area contributed by atoms with Gasteiger partial charge in [-0.05, 0) is 19.3 Å². The maximum Gasteiger partial charge on any atom is 0.415 e. The Bertz CT molecular complexity index is 152. The quantitative estimate of drug-likeness (QED) is 0.292. The molecule has 0 saturated heterocycles. The zero-order valence-corrected chi connectivity index (χ0v) is 13.2. The molecule has 0 rings (SSSR count). The van der Waals surface area contributed by atoms with Crippen LogP contribution in [0.3, 0.4) is 0 Å². The van der Waals surface area contributed by atoms with E-state index in [9.17, 15) is 0 Å². The maximum atomic E-state index is 5.62. The van der Waals surface area contributed by atoms with Crippen molar-refractivity contribution < 1.29 is 18.7 Å². The normalized spacial score (nSPS) is 12.0. The lowest BCUT2D eigenvalue weighted by atomic mass is 10.3. The van der Waals surface area contributed by atoms with Gasteiger partial charge in [-0.1, -0.05) is 40.0 Å². The molecule has 5 heteroatoms. The van der Waals surface area contributed by atoms with Crippen LogP contribution in [0, 0.1) is 0 Å². The van der Waals surface area contributed by atoms with E-state index in [1.807, 2.05) is 0 Å². The van der Waals surface area contributed by atoms with Gasteiger partial charge in [0.1, 0.15) is 0 Å². The van der Waals surface area contributed by atoms with Gasteiger partial charge in [0, 0.05) is 9.47 Å². The minimum absolute atomic E-state index is 0.573. The van der Waals surface area contributed by atoms with Gasteiger partial charge in [0.05, 0.1) is 19.8 Å². The van der Waals surface area contributed by atoms with E-state index in [1.54, 1.807) is 0 Å². The lowest BCUT2D eigenvalue weighted by Crippen LogP contribution is -2.40. The molecule has 0 aromatic heterocycles. The predicted octanol–water partition coefficient (Wildman–Crippen LogP) is 3.85. The van der Waals surface area contributed by atoms with E-state index < -0.39 is 6.16 Å². The van der Waals surface area contributed by atoms with Gasteiger partial charge >= 0.3 is 6.16 Å². The second kappa shape index (κ2) is 12.3. The number of unbranched alkanes of at least 4 members (excludes halogenated alkanes) is 3. The summed E-state index contributed by atoms with van der Waals surface area (Å²) in [5.41, 5.74) is 0. The van der Waals surface area contributed by atoms with Crippen molar-refractivity contribution in [3.8, 4) is 0 Å². The smallest absolute Gasteiger partial charge is 0.303 e. The summed E-state index contributed by atoms with van der Waals surface area (Å²) in [7, 11) is 2.18. The Morgan fingerprint density at radius 3 is 1.28 bits per heavy atom. The Labute approximate surface area is 114 Å². The van der Waals surface area contributed by atoms with Crippen LogP contribution in [0.4, 0.5) is 0 Å². The highest BCUT2D eigenvalue weighted by atomic mass is 31.0. The number of ether oxygens (including phenoxy) is 3. The highest BCUT2D eigenvalue weighted by molar-refractivity contribution is 7.09. The summed E-state index contributed by atoms with van der Waals surface area (Å²) in [5.74, 6) is 0. The Morgan fingerprint density at radius 2 is 1.06 bits per heavy atom. The molecule has 0 aliphatic heterocycles. The zero-order valence-electron chi connectivity index (χ0n) is 12.1. The molecular formula is C13H29O4P. The van der Waals surface area contributed by atoms with E-state index in [1.165, 1.54) is 0 Å². The molecule has 110 valence electrons. The summed E-state index contributed by atoms with van der Waals surface area (Å²) in [6.07, 6.45) is 4.74. The van der Waals surface area contributed by atoms with Crippen LogP contribution >= 0.6 is 9.47 Å². The first-order valence-corrected chi connectivity index (χ1v) is 7.51. The number of hydrogen-bond acceptors (Lipinski definition) is 4. The monoisotopic (exact) mass is 280 g/mol. The van der Waals surface area contributed by atoms with Crippen molar-refractivity contribution >= 4 is 9.47 Å². The molecule has 4 nitrogen and oxygen atoms in total. The van der Waals surface area contributed by atoms with E-state index in [0.717, 1.165) is 38.5 Å². The predicted molar refractivity (Wildman–Crippen MR) is 76.1 cm³/mol. The molecule has 0 saturated carbocycles. The fraction of sp³-hybridized carbons (Fsp3) is 1.00. The molecule has 18 heavy (non-hydrogen) atoms. The highest BCUT2D eigenvalue weighted by Crippen LogP contribution is 2.22. The second-order valence-electron chi connectivity index (χ2n) is 4.22. The molecule has 0 aromatic carbocycles. The van der Waals surface area contributed by atoms with E-state index in [2.05, 4.69) is 30.2 Å². The average Bonchev–Trinajstić information content (AvgIpc) is 2.39. The zero-order chi connectivity index (χ0) is 13.7. The third-order valence-corrected chi connectivity index (χ3v) is 2.76. The third kappa shape index (κ3) is 8.39. The van der Waals surface area contributed by atoms with Crippen molar-refractivity contribution in [1.82, 2.24) is 0 Å². The molecule has 0 N–H and O–H groups in total. The molecule has 0 fully saturated rings. The SMILES string of the molecule is CCCCOC(OP)(OCCCC)OCCCC. The van der Waals surface area contributed by atoms with Gasteiger partial charge in [0.2, 0.25) is 0 Å². The fourth-order valence-corrected chi connectivity index (χ4v) is 1.46. The highest BCUT2D eigenvalue weighted by Gasteiger charge is 2.34. The Kier molecular flexibility index (Phi) is 12.5. The Hall–Kier alpha value is 0.270. The molecule has 0 heterocycles. The molecule has 0 aromatic rings. The van der Waals surface area contributed by atoms with Gasteiger partial charge in [-0.2, -0.15) is 0 Å². The van der Waals surface area contributed by atoms with Gasteiger partial charge in [-0.25, -0.2) is 0 Å². The summed E-state index contributed by atoms with van der Waals surface area (Å²) >= 11 is 0. The van der Waals surface area contributed by atoms with Gasteiger partial charge < -0.3 is 14.2 Å². The van der Waals surface area contributed by atoms with Crippen LogP contribution in [-0.4, -0.2) is 26.0 Å². The molecule has 0 bridgehead atoms. The van der Waals surface area contributed by atoms with Crippen LogP contribution in [0.5, 0.6) is 0 Å². The Morgan fingerprint density at radius 1 is 0.722 bits per heavy atom. The summed E-state index contributed by atoms with van der Waals surface area (Å²) < 4.78 is 22.1. The molecule has 1 unspecified atom stereocenters. The van der Waals surface area contributed by atoms with Gasteiger partial charge in [-0.15, -0.1) is 0 Å². The first kappa shape index (κ1) is 18.3. The maximum absolute atomic E-state index is 5.62. The van der Waals surface area contributed by atoms with Crippen LogP contribution in [-0.2, 0) is 18.7 Å². The summed E-state index contributed by atoms with van der Waals surface area (Å²) in [6.45, 7) is 8.06. The molecule has 1 atom stereocenters. The lowest BCUT2D eigenvalue weighted by molar-refractivity contribution is -0.468. The van der Waals surface area contributed by atoms with E-state index in [4.69, 9.17) is 18.7 Å². The van der Waals surface area contributed by atoms with Crippen LogP contribution in [0.1, 0.15) is 59.3 Å². The minimum atomic E-state index is -1.34. The van der Waals surface area contributed by atoms with Crippen molar-refractivity contribution in [2.24, 2.45) is 0 Å². The van der Waals surface area contributed by atoms with E-state index in [-0.39, 0.29) is 0 Å². The second-order valence-corrected chi connectivity index (χ2v) is 4.46. The molecule has 0 spiro atoms. The van der Waals surface area contributed by atoms with Crippen molar-refractivity contribution in [2.45, 2.75) is 65.5 Å². The van der Waals surface area contributed by atoms with Crippen LogP contribution in [0.25, 0.3) is 0 Å². The number of rotatable bonds is 13. The lowest BCUT2D eigenvalue weighted by Gasteiger charge is -2.30. The molecule has 0 radical (unpaired) electrons. The van der Waals surface area contributed by atoms with Crippen LogP contribution in [0.2, 0.25) is 0 Å². The number of hydrogen-bond donors (Lipinski definition) is 0. The van der Waals surface area contributed by atoms with Crippen molar-refractivity contribution in [1.29, 1.82) is 0 Å². The molecule has 0 aliphatic rings. The molecular weight excluding hydrogens is 251 g/mol. The van der Waals surface area contributed by atoms with E-state index >= 15 is 0 Å². The van der Waals surface area contributed by atoms with Crippen molar-refractivity contribution in [3.05, 3.63) is 0 Å². The summed E-state index contributed by atoms with van der Waals surface area (Å²) in [4.78, 5) is 0. The Balaban J connectivity index is 4.20. The van der Waals surface area contributed by atoms with E-state index in [0.29, 0.717) is 19.8 Å².